The third-order valence-corrected chi connectivity index (χ3v) is 6.55. The van der Waals surface area contributed by atoms with Crippen molar-refractivity contribution in [2.45, 2.75) is 38.5 Å². The zero-order chi connectivity index (χ0) is 21.8. The number of para-hydroxylation sites is 1. The maximum Gasteiger partial charge on any atom is 0.257 e. The van der Waals surface area contributed by atoms with Crippen molar-refractivity contribution in [1.82, 2.24) is 4.98 Å². The maximum atomic E-state index is 13.1. The van der Waals surface area contributed by atoms with Gasteiger partial charge in [0.25, 0.3) is 5.91 Å². The van der Waals surface area contributed by atoms with E-state index in [1.807, 2.05) is 24.3 Å². The summed E-state index contributed by atoms with van der Waals surface area (Å²) in [5.74, 6) is 0.114. The molecule has 0 bridgehead atoms. The highest BCUT2D eigenvalue weighted by atomic mass is 32.1. The minimum absolute atomic E-state index is 0.0415. The number of nitrogens with one attached hydrogen (secondary N) is 2. The molecule has 1 aromatic heterocycles. The van der Waals surface area contributed by atoms with Crippen LogP contribution in [0.25, 0.3) is 0 Å². The Morgan fingerprint density at radius 3 is 2.65 bits per heavy atom. The summed E-state index contributed by atoms with van der Waals surface area (Å²) in [6, 6.07) is 14.8. The van der Waals surface area contributed by atoms with E-state index in [1.165, 1.54) is 11.3 Å². The first-order valence-electron chi connectivity index (χ1n) is 10.4. The molecule has 6 nitrogen and oxygen atoms in total. The molecule has 160 valence electrons. The van der Waals surface area contributed by atoms with Crippen LogP contribution in [0.4, 0.5) is 10.8 Å². The smallest absolute Gasteiger partial charge is 0.257 e. The van der Waals surface area contributed by atoms with Crippen molar-refractivity contribution >= 4 is 34.0 Å². The van der Waals surface area contributed by atoms with Crippen molar-refractivity contribution in [3.05, 3.63) is 70.2 Å². The van der Waals surface area contributed by atoms with Gasteiger partial charge < -0.3 is 10.1 Å². The summed E-state index contributed by atoms with van der Waals surface area (Å²) >= 11 is 1.45. The van der Waals surface area contributed by atoms with E-state index in [4.69, 9.17) is 4.74 Å². The molecule has 0 spiro atoms. The molecule has 1 unspecified atom stereocenters. The fraction of sp³-hybridized carbons (Fsp3) is 0.292. The summed E-state index contributed by atoms with van der Waals surface area (Å²) in [6.07, 6.45) is 3.41. The van der Waals surface area contributed by atoms with Gasteiger partial charge in [0.05, 0.1) is 18.7 Å². The van der Waals surface area contributed by atoms with E-state index in [2.05, 4.69) is 22.5 Å². The number of carbonyl (C=O) groups is 2. The molecular formula is C24H25N3O3S. The average molecular weight is 436 g/mol. The Morgan fingerprint density at radius 2 is 1.90 bits per heavy atom. The normalized spacial score (nSPS) is 15.1. The van der Waals surface area contributed by atoms with E-state index in [1.54, 1.807) is 31.4 Å². The van der Waals surface area contributed by atoms with Crippen LogP contribution in [0, 0.1) is 0 Å². The van der Waals surface area contributed by atoms with Crippen LogP contribution in [-0.4, -0.2) is 23.9 Å². The molecule has 0 saturated heterocycles. The van der Waals surface area contributed by atoms with E-state index < -0.39 is 0 Å². The fourth-order valence-electron chi connectivity index (χ4n) is 3.81. The number of methoxy groups -OCH3 is 1. The molecule has 2 aromatic carbocycles. The lowest BCUT2D eigenvalue weighted by Crippen LogP contribution is -2.25. The Bertz CT molecular complexity index is 1090. The molecule has 0 radical (unpaired) electrons. The van der Waals surface area contributed by atoms with Gasteiger partial charge in [0, 0.05) is 16.1 Å². The molecule has 1 aliphatic rings. The van der Waals surface area contributed by atoms with Gasteiger partial charge in [-0.1, -0.05) is 25.1 Å². The Balaban J connectivity index is 1.50. The molecule has 4 rings (SSSR count). The van der Waals surface area contributed by atoms with Gasteiger partial charge in [-0.25, -0.2) is 4.98 Å². The Morgan fingerprint density at radius 1 is 1.13 bits per heavy atom. The first-order chi connectivity index (χ1) is 15.1. The quantitative estimate of drug-likeness (QED) is 0.569. The number of benzene rings is 2. The van der Waals surface area contributed by atoms with Crippen LogP contribution in [0.1, 0.15) is 52.2 Å². The number of amides is 2. The predicted octanol–water partition coefficient (Wildman–Crippen LogP) is 5.03. The van der Waals surface area contributed by atoms with Crippen molar-refractivity contribution < 1.29 is 14.3 Å². The second kappa shape index (κ2) is 9.31. The van der Waals surface area contributed by atoms with Gasteiger partial charge in [0.1, 0.15) is 5.75 Å². The summed E-state index contributed by atoms with van der Waals surface area (Å²) in [4.78, 5) is 31.4. The van der Waals surface area contributed by atoms with Crippen molar-refractivity contribution in [2.75, 3.05) is 17.7 Å². The number of aryl methyl sites for hydroxylation is 2. The van der Waals surface area contributed by atoms with E-state index >= 15 is 0 Å². The van der Waals surface area contributed by atoms with Gasteiger partial charge in [-0.2, -0.15) is 0 Å². The number of thiazole rings is 1. The first kappa shape index (κ1) is 21.1. The Hall–Kier alpha value is -3.19. The second-order valence-electron chi connectivity index (χ2n) is 7.45. The molecule has 7 heteroatoms. The molecule has 2 N–H and O–H groups in total. The summed E-state index contributed by atoms with van der Waals surface area (Å²) in [6.45, 7) is 2.07. The minimum atomic E-state index is -0.309. The summed E-state index contributed by atoms with van der Waals surface area (Å²) in [5.41, 5.74) is 3.27. The first-order valence-corrected chi connectivity index (χ1v) is 11.2. The molecule has 31 heavy (non-hydrogen) atoms. The van der Waals surface area contributed by atoms with Crippen molar-refractivity contribution in [2.24, 2.45) is 0 Å². The lowest BCUT2D eigenvalue weighted by molar-refractivity contribution is -0.117. The van der Waals surface area contributed by atoms with Crippen LogP contribution in [0.15, 0.2) is 48.5 Å². The molecule has 0 saturated carbocycles. The molecule has 1 atom stereocenters. The van der Waals surface area contributed by atoms with Crippen molar-refractivity contribution in [1.29, 1.82) is 0 Å². The third kappa shape index (κ3) is 4.61. The van der Waals surface area contributed by atoms with Gasteiger partial charge in [-0.15, -0.1) is 11.3 Å². The molecule has 1 aliphatic carbocycles. The largest absolute Gasteiger partial charge is 0.497 e. The number of ether oxygens (including phenoxy) is 1. The minimum Gasteiger partial charge on any atom is -0.497 e. The predicted molar refractivity (Wildman–Crippen MR) is 123 cm³/mol. The Labute approximate surface area is 185 Å². The molecule has 0 aliphatic heterocycles. The summed E-state index contributed by atoms with van der Waals surface area (Å²) in [5, 5.41) is 6.49. The zero-order valence-electron chi connectivity index (χ0n) is 17.6. The van der Waals surface area contributed by atoms with Crippen LogP contribution in [0.5, 0.6) is 5.75 Å². The van der Waals surface area contributed by atoms with Gasteiger partial charge in [0.2, 0.25) is 5.91 Å². The number of hydrogen-bond acceptors (Lipinski definition) is 5. The monoisotopic (exact) mass is 435 g/mol. The Kier molecular flexibility index (Phi) is 6.32. The third-order valence-electron chi connectivity index (χ3n) is 5.50. The SMILES string of the molecule is CCc1ccccc1NC(=O)C1CCCc2sc(NC(=O)c3ccc(OC)cc3)nc21. The number of rotatable bonds is 6. The number of fused-ring (bicyclic) bond motifs is 1. The summed E-state index contributed by atoms with van der Waals surface area (Å²) in [7, 11) is 1.59. The van der Waals surface area contributed by atoms with Gasteiger partial charge >= 0.3 is 0 Å². The lowest BCUT2D eigenvalue weighted by atomic mass is 9.90. The summed E-state index contributed by atoms with van der Waals surface area (Å²) < 4.78 is 5.13. The van der Waals surface area contributed by atoms with Crippen molar-refractivity contribution in [3.63, 3.8) is 0 Å². The van der Waals surface area contributed by atoms with Crippen LogP contribution in [-0.2, 0) is 17.6 Å². The number of hydrogen-bond donors (Lipinski definition) is 2. The highest BCUT2D eigenvalue weighted by molar-refractivity contribution is 7.16. The van der Waals surface area contributed by atoms with Gasteiger partial charge in [0.15, 0.2) is 5.13 Å². The lowest BCUT2D eigenvalue weighted by Gasteiger charge is -2.21. The zero-order valence-corrected chi connectivity index (χ0v) is 18.4. The second-order valence-corrected chi connectivity index (χ2v) is 8.54. The van der Waals surface area contributed by atoms with Gasteiger partial charge in [-0.05, 0) is 61.6 Å². The number of nitrogens with zero attached hydrogens (tertiary/aromatic N) is 1. The van der Waals surface area contributed by atoms with Crippen LogP contribution in [0.2, 0.25) is 0 Å². The van der Waals surface area contributed by atoms with Crippen LogP contribution < -0.4 is 15.4 Å². The molecule has 1 heterocycles. The van der Waals surface area contributed by atoms with Crippen LogP contribution >= 0.6 is 11.3 Å². The van der Waals surface area contributed by atoms with E-state index in [0.717, 1.165) is 47.5 Å². The standard InChI is InChI=1S/C24H25N3O3S/c1-3-15-7-4-5-9-19(15)25-23(29)18-8-6-10-20-21(18)26-24(31-20)27-22(28)16-11-13-17(30-2)14-12-16/h4-5,7,9,11-14,18H,3,6,8,10H2,1-2H3,(H,25,29)(H,26,27,28). The number of carbonyl (C=O) groups excluding carboxylic acids is 2. The average Bonchev–Trinajstić information content (AvgIpc) is 3.21. The van der Waals surface area contributed by atoms with Crippen LogP contribution in [0.3, 0.4) is 0 Å². The maximum absolute atomic E-state index is 13.1. The van der Waals surface area contributed by atoms with Crippen molar-refractivity contribution in [3.8, 4) is 5.75 Å². The van der Waals surface area contributed by atoms with E-state index in [-0.39, 0.29) is 17.7 Å². The highest BCUT2D eigenvalue weighted by Crippen LogP contribution is 2.37. The molecule has 3 aromatic rings. The van der Waals surface area contributed by atoms with E-state index in [0.29, 0.717) is 16.4 Å². The molecular weight excluding hydrogens is 410 g/mol. The number of aromatic nitrogens is 1. The van der Waals surface area contributed by atoms with Gasteiger partial charge in [-0.3, -0.25) is 14.9 Å². The molecule has 2 amide bonds. The van der Waals surface area contributed by atoms with E-state index in [9.17, 15) is 9.59 Å². The fourth-order valence-corrected chi connectivity index (χ4v) is 4.87. The number of anilines is 2. The highest BCUT2D eigenvalue weighted by Gasteiger charge is 2.31. The topological polar surface area (TPSA) is 80.3 Å². The molecule has 0 fully saturated rings.